The van der Waals surface area contributed by atoms with E-state index in [0.29, 0.717) is 12.1 Å². The van der Waals surface area contributed by atoms with Crippen LogP contribution in [0, 0.1) is 0 Å². The number of nitrogens with one attached hydrogen (secondary N) is 2. The van der Waals surface area contributed by atoms with Crippen molar-refractivity contribution in [1.29, 1.82) is 0 Å². The molecule has 0 radical (unpaired) electrons. The van der Waals surface area contributed by atoms with Crippen molar-refractivity contribution in [3.8, 4) is 0 Å². The highest BCUT2D eigenvalue weighted by atomic mass is 79.9. The number of halogens is 1. The van der Waals surface area contributed by atoms with E-state index in [-0.39, 0.29) is 5.91 Å². The minimum absolute atomic E-state index is 0.00128. The predicted molar refractivity (Wildman–Crippen MR) is 101 cm³/mol. The molecule has 3 rings (SSSR count). The second-order valence-electron chi connectivity index (χ2n) is 6.09. The number of carbonyl (C=O) groups is 1. The first-order chi connectivity index (χ1) is 11.7. The minimum atomic E-state index is -0.00128. The van der Waals surface area contributed by atoms with Crippen LogP contribution >= 0.6 is 15.9 Å². The van der Waals surface area contributed by atoms with Crippen LogP contribution in [0.1, 0.15) is 10.4 Å². The van der Waals surface area contributed by atoms with Crippen LogP contribution in [0.4, 0.5) is 5.69 Å². The molecule has 1 heterocycles. The van der Waals surface area contributed by atoms with Gasteiger partial charge in [0, 0.05) is 15.7 Å². The smallest absolute Gasteiger partial charge is 0.251 e. The number of quaternary nitrogens is 1. The Labute approximate surface area is 151 Å². The van der Waals surface area contributed by atoms with Crippen molar-refractivity contribution in [2.75, 3.05) is 44.2 Å². The Morgan fingerprint density at radius 3 is 2.54 bits per heavy atom. The molecule has 24 heavy (non-hydrogen) atoms. The lowest BCUT2D eigenvalue weighted by molar-refractivity contribution is -0.899. The van der Waals surface area contributed by atoms with E-state index in [0.717, 1.165) is 37.2 Å². The zero-order chi connectivity index (χ0) is 16.8. The van der Waals surface area contributed by atoms with Crippen molar-refractivity contribution in [2.24, 2.45) is 0 Å². The van der Waals surface area contributed by atoms with E-state index in [1.165, 1.54) is 5.69 Å². The van der Waals surface area contributed by atoms with Gasteiger partial charge in [-0.3, -0.25) is 4.79 Å². The van der Waals surface area contributed by atoms with Crippen LogP contribution in [0.15, 0.2) is 59.1 Å². The van der Waals surface area contributed by atoms with Gasteiger partial charge in [0.05, 0.1) is 39.3 Å². The first-order valence-corrected chi connectivity index (χ1v) is 9.19. The summed E-state index contributed by atoms with van der Waals surface area (Å²) in [5.41, 5.74) is 2.01. The number of para-hydroxylation sites is 1. The molecule has 0 atom stereocenters. The first-order valence-electron chi connectivity index (χ1n) is 8.40. The van der Waals surface area contributed by atoms with Crippen LogP contribution in [0.5, 0.6) is 0 Å². The number of benzene rings is 2. The highest BCUT2D eigenvalue weighted by Gasteiger charge is 2.19. The van der Waals surface area contributed by atoms with Gasteiger partial charge in [-0.2, -0.15) is 0 Å². The Balaban J connectivity index is 1.40. The predicted octanol–water partition coefficient (Wildman–Crippen LogP) is 1.58. The number of piperazine rings is 1. The summed E-state index contributed by atoms with van der Waals surface area (Å²) in [6, 6.07) is 18.1. The number of carbonyl (C=O) groups excluding carboxylic acids is 1. The summed E-state index contributed by atoms with van der Waals surface area (Å²) in [6.07, 6.45) is 0. The molecule has 2 aromatic rings. The van der Waals surface area contributed by atoms with E-state index in [1.807, 2.05) is 24.3 Å². The van der Waals surface area contributed by atoms with E-state index >= 15 is 0 Å². The molecule has 1 aliphatic heterocycles. The molecule has 0 aromatic heterocycles. The Kier molecular flexibility index (Phi) is 5.88. The normalized spacial score (nSPS) is 15.3. The van der Waals surface area contributed by atoms with E-state index in [4.69, 9.17) is 0 Å². The maximum Gasteiger partial charge on any atom is 0.251 e. The molecular formula is C19H23BrN3O+. The van der Waals surface area contributed by atoms with E-state index in [2.05, 4.69) is 56.5 Å². The molecule has 1 amide bonds. The monoisotopic (exact) mass is 388 g/mol. The lowest BCUT2D eigenvalue weighted by Crippen LogP contribution is -3.15. The summed E-state index contributed by atoms with van der Waals surface area (Å²) in [5, 5.41) is 3.02. The summed E-state index contributed by atoms with van der Waals surface area (Å²) in [4.78, 5) is 16.1. The highest BCUT2D eigenvalue weighted by Crippen LogP contribution is 2.12. The molecule has 0 bridgehead atoms. The third-order valence-corrected chi connectivity index (χ3v) is 4.94. The van der Waals surface area contributed by atoms with Gasteiger partial charge in [0.2, 0.25) is 0 Å². The van der Waals surface area contributed by atoms with Gasteiger partial charge in [0.15, 0.2) is 0 Å². The largest absolute Gasteiger partial charge is 0.360 e. The topological polar surface area (TPSA) is 36.8 Å². The molecule has 0 saturated carbocycles. The molecule has 126 valence electrons. The van der Waals surface area contributed by atoms with Crippen LogP contribution in [-0.4, -0.2) is 45.2 Å². The molecule has 1 aliphatic rings. The summed E-state index contributed by atoms with van der Waals surface area (Å²) in [5.74, 6) is -0.00128. The molecular weight excluding hydrogens is 366 g/mol. The van der Waals surface area contributed by atoms with E-state index in [1.54, 1.807) is 4.90 Å². The third kappa shape index (κ3) is 4.58. The van der Waals surface area contributed by atoms with Crippen LogP contribution in [0.2, 0.25) is 0 Å². The van der Waals surface area contributed by atoms with Gasteiger partial charge in [-0.05, 0) is 30.3 Å². The van der Waals surface area contributed by atoms with Crippen molar-refractivity contribution < 1.29 is 9.69 Å². The fraction of sp³-hybridized carbons (Fsp3) is 0.316. The van der Waals surface area contributed by atoms with Crippen molar-refractivity contribution in [3.63, 3.8) is 0 Å². The van der Waals surface area contributed by atoms with Crippen molar-refractivity contribution in [2.45, 2.75) is 0 Å². The lowest BCUT2D eigenvalue weighted by Gasteiger charge is -2.33. The highest BCUT2D eigenvalue weighted by molar-refractivity contribution is 9.10. The van der Waals surface area contributed by atoms with E-state index < -0.39 is 0 Å². The van der Waals surface area contributed by atoms with Crippen molar-refractivity contribution in [3.05, 3.63) is 64.6 Å². The molecule has 0 unspecified atom stereocenters. The molecule has 5 heteroatoms. The molecule has 2 N–H and O–H groups in total. The number of rotatable bonds is 5. The number of hydrogen-bond acceptors (Lipinski definition) is 2. The number of nitrogens with zero attached hydrogens (tertiary/aromatic N) is 1. The van der Waals surface area contributed by atoms with Gasteiger partial charge < -0.3 is 15.1 Å². The molecule has 1 fully saturated rings. The van der Waals surface area contributed by atoms with Gasteiger partial charge in [-0.25, -0.2) is 0 Å². The molecule has 1 saturated heterocycles. The molecule has 2 aromatic carbocycles. The Morgan fingerprint density at radius 2 is 1.83 bits per heavy atom. The zero-order valence-corrected chi connectivity index (χ0v) is 15.3. The van der Waals surface area contributed by atoms with Crippen LogP contribution in [0.3, 0.4) is 0 Å². The molecule has 0 aliphatic carbocycles. The average molecular weight is 389 g/mol. The number of anilines is 1. The second-order valence-corrected chi connectivity index (χ2v) is 7.00. The number of amides is 1. The lowest BCUT2D eigenvalue weighted by atomic mass is 10.2. The van der Waals surface area contributed by atoms with Crippen LogP contribution in [-0.2, 0) is 0 Å². The minimum Gasteiger partial charge on any atom is -0.360 e. The van der Waals surface area contributed by atoms with Crippen molar-refractivity contribution in [1.82, 2.24) is 5.32 Å². The SMILES string of the molecule is O=C(NCC[NH+]1CCN(c2ccccc2)CC1)c1cccc(Br)c1. The van der Waals surface area contributed by atoms with Crippen LogP contribution in [0.25, 0.3) is 0 Å². The zero-order valence-electron chi connectivity index (χ0n) is 13.7. The maximum absolute atomic E-state index is 12.1. The summed E-state index contributed by atoms with van der Waals surface area (Å²) in [7, 11) is 0. The molecule has 4 nitrogen and oxygen atoms in total. The van der Waals surface area contributed by atoms with Gasteiger partial charge >= 0.3 is 0 Å². The van der Waals surface area contributed by atoms with Gasteiger partial charge in [-0.15, -0.1) is 0 Å². The summed E-state index contributed by atoms with van der Waals surface area (Å²) < 4.78 is 0.929. The third-order valence-electron chi connectivity index (χ3n) is 4.44. The van der Waals surface area contributed by atoms with Crippen molar-refractivity contribution >= 4 is 27.5 Å². The van der Waals surface area contributed by atoms with Gasteiger partial charge in [-0.1, -0.05) is 40.2 Å². The van der Waals surface area contributed by atoms with E-state index in [9.17, 15) is 4.79 Å². The second kappa shape index (κ2) is 8.31. The first kappa shape index (κ1) is 17.0. The Morgan fingerprint density at radius 1 is 1.08 bits per heavy atom. The Bertz CT molecular complexity index is 669. The standard InChI is InChI=1S/C19H22BrN3O/c20-17-6-4-5-16(15-17)19(24)21-9-10-22-11-13-23(14-12-22)18-7-2-1-3-8-18/h1-8,15H,9-14H2,(H,21,24)/p+1. The summed E-state index contributed by atoms with van der Waals surface area (Å²) in [6.45, 7) is 6.05. The van der Waals surface area contributed by atoms with Crippen LogP contribution < -0.4 is 15.1 Å². The maximum atomic E-state index is 12.1. The average Bonchev–Trinajstić information content (AvgIpc) is 2.63. The summed E-state index contributed by atoms with van der Waals surface area (Å²) >= 11 is 3.40. The fourth-order valence-electron chi connectivity index (χ4n) is 3.05. The quantitative estimate of drug-likeness (QED) is 0.815. The Hall–Kier alpha value is -1.85. The fourth-order valence-corrected chi connectivity index (χ4v) is 3.45. The molecule has 0 spiro atoms. The van der Waals surface area contributed by atoms with Gasteiger partial charge in [0.1, 0.15) is 0 Å². The number of hydrogen-bond donors (Lipinski definition) is 2. The van der Waals surface area contributed by atoms with Gasteiger partial charge in [0.25, 0.3) is 5.91 Å².